The van der Waals surface area contributed by atoms with E-state index in [0.29, 0.717) is 11.7 Å². The third-order valence-electron chi connectivity index (χ3n) is 3.14. The minimum Gasteiger partial charge on any atom is -0.358 e. The lowest BCUT2D eigenvalue weighted by atomic mass is 10.0. The Morgan fingerprint density at radius 3 is 2.67 bits per heavy atom. The molecule has 0 radical (unpaired) electrons. The number of carbonyl (C=O) groups excluding carboxylic acids is 1. The van der Waals surface area contributed by atoms with Crippen molar-refractivity contribution < 1.29 is 4.79 Å². The Bertz CT molecular complexity index is 591. The highest BCUT2D eigenvalue weighted by molar-refractivity contribution is 7.99. The van der Waals surface area contributed by atoms with Crippen LogP contribution in [0, 0.1) is 0 Å². The molecule has 0 unspecified atom stereocenters. The van der Waals surface area contributed by atoms with Gasteiger partial charge in [0, 0.05) is 23.7 Å². The zero-order chi connectivity index (χ0) is 15.2. The van der Waals surface area contributed by atoms with E-state index >= 15 is 0 Å². The fraction of sp³-hybridized carbons (Fsp3) is 0.375. The molecule has 0 spiro atoms. The number of benzene rings is 1. The lowest BCUT2D eigenvalue weighted by Gasteiger charge is -2.05. The van der Waals surface area contributed by atoms with Crippen LogP contribution in [0.5, 0.6) is 0 Å². The van der Waals surface area contributed by atoms with Crippen LogP contribution in [0.2, 0.25) is 0 Å². The molecule has 5 heteroatoms. The van der Waals surface area contributed by atoms with Crippen molar-refractivity contribution in [1.29, 1.82) is 0 Å². The van der Waals surface area contributed by atoms with Crippen molar-refractivity contribution in [3.63, 3.8) is 0 Å². The molecule has 112 valence electrons. The van der Waals surface area contributed by atoms with Gasteiger partial charge in [-0.2, -0.15) is 0 Å². The van der Waals surface area contributed by atoms with Gasteiger partial charge in [-0.05, 0) is 11.5 Å². The predicted octanol–water partition coefficient (Wildman–Crippen LogP) is 3.91. The van der Waals surface area contributed by atoms with E-state index in [4.69, 9.17) is 0 Å². The Kier molecular flexibility index (Phi) is 5.82. The number of nitrogens with one attached hydrogen (secondary N) is 1. The van der Waals surface area contributed by atoms with Crippen LogP contribution in [0.1, 0.15) is 31.0 Å². The Labute approximate surface area is 134 Å². The molecule has 0 saturated heterocycles. The number of carbonyl (C=O) groups is 1. The lowest BCUT2D eigenvalue weighted by molar-refractivity contribution is -0.118. The maximum absolute atomic E-state index is 11.2. The van der Waals surface area contributed by atoms with Crippen LogP contribution < -0.4 is 5.32 Å². The summed E-state index contributed by atoms with van der Waals surface area (Å²) in [6.45, 7) is 4.39. The van der Waals surface area contributed by atoms with Crippen LogP contribution in [0.15, 0.2) is 29.6 Å². The van der Waals surface area contributed by atoms with Crippen molar-refractivity contribution >= 4 is 29.0 Å². The van der Waals surface area contributed by atoms with E-state index in [2.05, 4.69) is 53.8 Å². The van der Waals surface area contributed by atoms with Gasteiger partial charge >= 0.3 is 0 Å². The Morgan fingerprint density at radius 2 is 2.05 bits per heavy atom. The summed E-state index contributed by atoms with van der Waals surface area (Å²) in [6, 6.07) is 8.61. The Morgan fingerprint density at radius 1 is 1.33 bits per heavy atom. The summed E-state index contributed by atoms with van der Waals surface area (Å²) in [5.74, 6) is 1.85. The van der Waals surface area contributed by atoms with E-state index < -0.39 is 0 Å². The molecule has 1 aromatic heterocycles. The number of thiazole rings is 1. The molecule has 21 heavy (non-hydrogen) atoms. The summed E-state index contributed by atoms with van der Waals surface area (Å²) >= 11 is 3.24. The molecule has 0 fully saturated rings. The number of thioether (sulfide) groups is 1. The topological polar surface area (TPSA) is 42.0 Å². The number of amides is 1. The molecule has 0 aliphatic rings. The van der Waals surface area contributed by atoms with Crippen LogP contribution >= 0.6 is 23.1 Å². The maximum atomic E-state index is 11.2. The molecule has 0 bridgehead atoms. The Balaban J connectivity index is 1.97. The second kappa shape index (κ2) is 7.61. The first kappa shape index (κ1) is 16.0. The zero-order valence-electron chi connectivity index (χ0n) is 12.6. The van der Waals surface area contributed by atoms with E-state index in [1.165, 1.54) is 5.56 Å². The van der Waals surface area contributed by atoms with Gasteiger partial charge in [0.25, 0.3) is 0 Å². The van der Waals surface area contributed by atoms with Crippen LogP contribution in [-0.4, -0.2) is 23.7 Å². The molecule has 1 amide bonds. The molecule has 3 nitrogen and oxygen atoms in total. The smallest absolute Gasteiger partial charge is 0.229 e. The number of aromatic nitrogens is 1. The van der Waals surface area contributed by atoms with E-state index in [1.807, 2.05) is 0 Å². The van der Waals surface area contributed by atoms with Crippen molar-refractivity contribution in [3.05, 3.63) is 40.9 Å². The fourth-order valence-corrected chi connectivity index (χ4v) is 3.56. The van der Waals surface area contributed by atoms with Gasteiger partial charge < -0.3 is 5.32 Å². The van der Waals surface area contributed by atoms with Gasteiger partial charge in [0.1, 0.15) is 5.01 Å². The molecule has 2 aromatic rings. The van der Waals surface area contributed by atoms with Gasteiger partial charge in [-0.15, -0.1) is 23.1 Å². The predicted molar refractivity (Wildman–Crippen MR) is 91.9 cm³/mol. The van der Waals surface area contributed by atoms with Crippen LogP contribution in [-0.2, 0) is 10.5 Å². The maximum Gasteiger partial charge on any atom is 0.229 e. The molecule has 1 N–H and O–H groups in total. The second-order valence-corrected chi connectivity index (χ2v) is 6.93. The van der Waals surface area contributed by atoms with Crippen molar-refractivity contribution in [2.45, 2.75) is 25.5 Å². The summed E-state index contributed by atoms with van der Waals surface area (Å²) in [5.41, 5.74) is 3.54. The van der Waals surface area contributed by atoms with E-state index in [9.17, 15) is 4.79 Å². The normalized spacial score (nSPS) is 10.9. The Hall–Kier alpha value is -1.33. The van der Waals surface area contributed by atoms with E-state index in [-0.39, 0.29) is 5.91 Å². The first-order valence-electron chi connectivity index (χ1n) is 6.93. The number of hydrogen-bond acceptors (Lipinski definition) is 4. The first-order chi connectivity index (χ1) is 10.1. The van der Waals surface area contributed by atoms with Crippen molar-refractivity contribution in [2.24, 2.45) is 0 Å². The van der Waals surface area contributed by atoms with Gasteiger partial charge in [-0.3, -0.25) is 4.79 Å². The van der Waals surface area contributed by atoms with Gasteiger partial charge in [-0.25, -0.2) is 4.98 Å². The summed E-state index contributed by atoms with van der Waals surface area (Å²) in [7, 11) is 1.66. The number of nitrogens with zero attached hydrogens (tertiary/aromatic N) is 1. The van der Waals surface area contributed by atoms with Crippen molar-refractivity contribution in [2.75, 3.05) is 12.8 Å². The minimum atomic E-state index is 0.0553. The highest BCUT2D eigenvalue weighted by atomic mass is 32.2. The zero-order valence-corrected chi connectivity index (χ0v) is 14.2. The second-order valence-electron chi connectivity index (χ2n) is 5.09. The van der Waals surface area contributed by atoms with E-state index in [1.54, 1.807) is 30.1 Å². The SMILES string of the molecule is CNC(=O)CSCc1csc(-c2ccc(C(C)C)cc2)n1. The molecule has 0 aliphatic heterocycles. The highest BCUT2D eigenvalue weighted by Crippen LogP contribution is 2.27. The number of hydrogen-bond donors (Lipinski definition) is 1. The molecule has 1 aromatic carbocycles. The summed E-state index contributed by atoms with van der Waals surface area (Å²) in [5, 5.41) is 5.73. The monoisotopic (exact) mass is 320 g/mol. The average molecular weight is 320 g/mol. The summed E-state index contributed by atoms with van der Waals surface area (Å²) in [4.78, 5) is 15.8. The van der Waals surface area contributed by atoms with Crippen LogP contribution in [0.25, 0.3) is 10.6 Å². The van der Waals surface area contributed by atoms with Gasteiger partial charge in [0.15, 0.2) is 0 Å². The van der Waals surface area contributed by atoms with Crippen molar-refractivity contribution in [3.8, 4) is 10.6 Å². The standard InChI is InChI=1S/C16H20N2OS2/c1-11(2)12-4-6-13(7-5-12)16-18-14(9-21-16)8-20-10-15(19)17-3/h4-7,9,11H,8,10H2,1-3H3,(H,17,19). The quantitative estimate of drug-likeness (QED) is 0.877. The van der Waals surface area contributed by atoms with Crippen LogP contribution in [0.4, 0.5) is 0 Å². The largest absolute Gasteiger partial charge is 0.358 e. The molecular weight excluding hydrogens is 300 g/mol. The van der Waals surface area contributed by atoms with Crippen molar-refractivity contribution in [1.82, 2.24) is 10.3 Å². The highest BCUT2D eigenvalue weighted by Gasteiger charge is 2.07. The molecule has 0 saturated carbocycles. The fourth-order valence-electron chi connectivity index (χ4n) is 1.84. The molecule has 0 atom stereocenters. The first-order valence-corrected chi connectivity index (χ1v) is 8.96. The summed E-state index contributed by atoms with van der Waals surface area (Å²) in [6.07, 6.45) is 0. The van der Waals surface area contributed by atoms with Gasteiger partial charge in [-0.1, -0.05) is 38.1 Å². The molecular formula is C16H20N2OS2. The third-order valence-corrected chi connectivity index (χ3v) is 5.04. The lowest BCUT2D eigenvalue weighted by Crippen LogP contribution is -2.19. The van der Waals surface area contributed by atoms with E-state index in [0.717, 1.165) is 22.0 Å². The van der Waals surface area contributed by atoms with Gasteiger partial charge in [0.2, 0.25) is 5.91 Å². The number of rotatable bonds is 6. The van der Waals surface area contributed by atoms with Crippen LogP contribution in [0.3, 0.4) is 0 Å². The molecule has 0 aliphatic carbocycles. The van der Waals surface area contributed by atoms with Gasteiger partial charge in [0.05, 0.1) is 11.4 Å². The average Bonchev–Trinajstić information content (AvgIpc) is 2.96. The molecule has 2 rings (SSSR count). The third kappa shape index (κ3) is 4.58. The minimum absolute atomic E-state index is 0.0553. The summed E-state index contributed by atoms with van der Waals surface area (Å²) < 4.78 is 0. The molecule has 1 heterocycles.